The van der Waals surface area contributed by atoms with Gasteiger partial charge in [0.15, 0.2) is 29.1 Å². The van der Waals surface area contributed by atoms with Crippen LogP contribution in [0.5, 0.6) is 0 Å². The molecule has 14 aromatic carbocycles. The molecule has 0 radical (unpaired) electrons. The summed E-state index contributed by atoms with van der Waals surface area (Å²) in [4.78, 5) is 30.2. The fraction of sp³-hybridized carbons (Fsp3) is 0. The molecule has 0 aliphatic rings. The Hall–Kier alpha value is -13.9. The molecule has 0 amide bonds. The van der Waals surface area contributed by atoms with Crippen LogP contribution >= 0.6 is 0 Å². The summed E-state index contributed by atoms with van der Waals surface area (Å²) in [7, 11) is 0. The van der Waals surface area contributed by atoms with E-state index in [0.29, 0.717) is 35.1 Å². The fourth-order valence-electron chi connectivity index (χ4n) is 14.7. The minimum atomic E-state index is 0.544. The van der Waals surface area contributed by atoms with Gasteiger partial charge < -0.3 is 17.8 Å². The van der Waals surface area contributed by atoms with Crippen LogP contribution in [-0.4, -0.2) is 39.0 Å². The maximum atomic E-state index is 6.44. The maximum Gasteiger partial charge on any atom is 0.238 e. The van der Waals surface area contributed by atoms with Crippen molar-refractivity contribution in [3.8, 4) is 90.8 Å². The van der Waals surface area contributed by atoms with Gasteiger partial charge in [0.1, 0.15) is 33.5 Å². The summed E-state index contributed by atoms with van der Waals surface area (Å²) >= 11 is 0. The van der Waals surface area contributed by atoms with Crippen molar-refractivity contribution in [2.45, 2.75) is 0 Å². The lowest BCUT2D eigenvalue weighted by Gasteiger charge is -2.11. The van der Waals surface area contributed by atoms with Crippen LogP contribution in [0.2, 0.25) is 0 Å². The highest BCUT2D eigenvalue weighted by atomic mass is 16.3. The second-order valence-corrected chi connectivity index (χ2v) is 25.2. The third-order valence-electron chi connectivity index (χ3n) is 19.4. The van der Waals surface area contributed by atoms with E-state index in [1.807, 2.05) is 146 Å². The fourth-order valence-corrected chi connectivity index (χ4v) is 14.7. The van der Waals surface area contributed by atoms with Crippen LogP contribution in [0, 0.1) is 0 Å². The Balaban J connectivity index is 0.000000136. The molecular weight excluding hydrogens is 1240 g/mol. The molecule has 21 rings (SSSR count). The van der Waals surface area contributed by atoms with E-state index in [1.54, 1.807) is 0 Å². The molecule has 0 N–H and O–H groups in total. The maximum absolute atomic E-state index is 6.44. The minimum absolute atomic E-state index is 0.544. The van der Waals surface area contributed by atoms with Gasteiger partial charge in [-0.2, -0.15) is 9.97 Å². The molecule has 0 aliphatic heterocycles. The van der Waals surface area contributed by atoms with E-state index in [2.05, 4.69) is 191 Å². The van der Waals surface area contributed by atoms with Crippen LogP contribution in [0.4, 0.5) is 0 Å². The zero-order valence-electron chi connectivity index (χ0n) is 54.0. The zero-order valence-corrected chi connectivity index (χ0v) is 54.0. The standard InChI is InChI=1S/C45H26N4O2.C45H28N4O/c1-2-12-27(13-3-1)43-46-44(34-19-11-23-40-41(34)33-16-6-9-22-39(33)50-40)48-45(47-43)49-36-20-7-4-14-30(36)35-26-28(24-25-37(35)49)29-17-10-18-32-31-15-5-8-21-38(31)51-42(29)32;1-3-12-29(13-4-1)43-46-44(30-14-5-2-6-15-30)48-45(47-43)31-22-25-33(26-23-31)49-39-20-9-7-16-35(39)38-28-32(24-27-40(38)49)34-18-11-19-37-36-17-8-10-21-41(36)50-42(34)37/h1-26H;1-28H. The highest BCUT2D eigenvalue weighted by Crippen LogP contribution is 2.43. The van der Waals surface area contributed by atoms with Crippen molar-refractivity contribution in [3.63, 3.8) is 0 Å². The molecule has 0 fully saturated rings. The Morgan fingerprint density at radius 1 is 0.208 bits per heavy atom. The van der Waals surface area contributed by atoms with E-state index in [1.165, 1.54) is 10.8 Å². The van der Waals surface area contributed by atoms with Crippen molar-refractivity contribution in [2.75, 3.05) is 0 Å². The van der Waals surface area contributed by atoms with Gasteiger partial charge in [-0.15, -0.1) is 0 Å². The van der Waals surface area contributed by atoms with Crippen LogP contribution in [0.3, 0.4) is 0 Å². The first-order valence-corrected chi connectivity index (χ1v) is 33.6. The Labute approximate surface area is 576 Å². The molecule has 7 aromatic heterocycles. The first-order chi connectivity index (χ1) is 50.1. The van der Waals surface area contributed by atoms with Gasteiger partial charge in [0.25, 0.3) is 0 Å². The van der Waals surface area contributed by atoms with Crippen LogP contribution in [0.15, 0.2) is 341 Å². The van der Waals surface area contributed by atoms with Gasteiger partial charge in [-0.05, 0) is 96.1 Å². The summed E-state index contributed by atoms with van der Waals surface area (Å²) in [5.41, 5.74) is 19.5. The molecule has 0 unspecified atom stereocenters. The third kappa shape index (κ3) is 9.66. The summed E-state index contributed by atoms with van der Waals surface area (Å²) in [5.74, 6) is 3.65. The number of para-hydroxylation sites is 7. The van der Waals surface area contributed by atoms with Crippen molar-refractivity contribution in [1.29, 1.82) is 0 Å². The summed E-state index contributed by atoms with van der Waals surface area (Å²) in [5, 5.41) is 11.1. The molecule has 101 heavy (non-hydrogen) atoms. The van der Waals surface area contributed by atoms with Crippen LogP contribution in [-0.2, 0) is 0 Å². The quantitative estimate of drug-likeness (QED) is 0.139. The molecule has 472 valence electrons. The van der Waals surface area contributed by atoms with Gasteiger partial charge in [-0.25, -0.2) is 19.9 Å². The van der Waals surface area contributed by atoms with E-state index in [9.17, 15) is 0 Å². The van der Waals surface area contributed by atoms with Crippen molar-refractivity contribution >= 4 is 109 Å². The molecular formula is C90H54N8O3. The first-order valence-electron chi connectivity index (χ1n) is 33.6. The molecule has 11 heteroatoms. The van der Waals surface area contributed by atoms with Gasteiger partial charge in [0.05, 0.1) is 22.1 Å². The highest BCUT2D eigenvalue weighted by Gasteiger charge is 2.24. The number of hydrogen-bond donors (Lipinski definition) is 0. The molecule has 0 saturated heterocycles. The van der Waals surface area contributed by atoms with Crippen molar-refractivity contribution in [1.82, 2.24) is 39.0 Å². The number of benzene rings is 14. The van der Waals surface area contributed by atoms with E-state index in [-0.39, 0.29) is 0 Å². The summed E-state index contributed by atoms with van der Waals surface area (Å²) in [6.07, 6.45) is 0. The second kappa shape index (κ2) is 23.4. The molecule has 11 nitrogen and oxygen atoms in total. The van der Waals surface area contributed by atoms with Gasteiger partial charge in [0, 0.05) is 98.5 Å². The number of hydrogen-bond acceptors (Lipinski definition) is 9. The van der Waals surface area contributed by atoms with Crippen molar-refractivity contribution in [3.05, 3.63) is 328 Å². The molecule has 0 aliphatic carbocycles. The second-order valence-electron chi connectivity index (χ2n) is 25.2. The predicted molar refractivity (Wildman–Crippen MR) is 408 cm³/mol. The molecule has 0 spiro atoms. The molecule has 0 bridgehead atoms. The topological polar surface area (TPSA) is 127 Å². The number of aromatic nitrogens is 8. The van der Waals surface area contributed by atoms with E-state index < -0.39 is 0 Å². The number of rotatable bonds is 9. The number of fused-ring (bicyclic) bond motifs is 15. The van der Waals surface area contributed by atoms with Crippen LogP contribution in [0.25, 0.3) is 200 Å². The minimum Gasteiger partial charge on any atom is -0.456 e. The summed E-state index contributed by atoms with van der Waals surface area (Å²) in [6.45, 7) is 0. The summed E-state index contributed by atoms with van der Waals surface area (Å²) < 4.78 is 23.6. The monoisotopic (exact) mass is 1290 g/mol. The van der Waals surface area contributed by atoms with Gasteiger partial charge >= 0.3 is 0 Å². The third-order valence-corrected chi connectivity index (χ3v) is 19.4. The average molecular weight is 1300 g/mol. The van der Waals surface area contributed by atoms with Gasteiger partial charge in [-0.1, -0.05) is 243 Å². The first kappa shape index (κ1) is 57.4. The van der Waals surface area contributed by atoms with Crippen molar-refractivity contribution in [2.24, 2.45) is 0 Å². The smallest absolute Gasteiger partial charge is 0.238 e. The normalized spacial score (nSPS) is 11.8. The van der Waals surface area contributed by atoms with E-state index >= 15 is 0 Å². The number of nitrogens with zero attached hydrogens (tertiary/aromatic N) is 8. The van der Waals surface area contributed by atoms with Gasteiger partial charge in [-0.3, -0.25) is 4.57 Å². The van der Waals surface area contributed by atoms with Crippen LogP contribution in [0.1, 0.15) is 0 Å². The van der Waals surface area contributed by atoms with Crippen LogP contribution < -0.4 is 0 Å². The molecule has 0 atom stereocenters. The Kier molecular flexibility index (Phi) is 13.3. The zero-order chi connectivity index (χ0) is 66.5. The average Bonchev–Trinajstić information content (AvgIpc) is 1.60. The largest absolute Gasteiger partial charge is 0.456 e. The Bertz CT molecular complexity index is 6770. The van der Waals surface area contributed by atoms with E-state index in [4.69, 9.17) is 43.2 Å². The summed E-state index contributed by atoms with van der Waals surface area (Å²) in [6, 6.07) is 112. The lowest BCUT2D eigenvalue weighted by atomic mass is 10.0. The SMILES string of the molecule is c1ccc(-c2nc(-c3cccc4oc5ccccc5c34)nc(-n3c4ccccc4c4cc(-c5cccc6c5oc5ccccc56)ccc43)n2)cc1.c1ccc(-c2nc(-c3ccccc3)nc(-c3ccc(-n4c5ccccc5c5cc(-c6cccc7c6oc6ccccc67)ccc54)cc3)n2)cc1. The Morgan fingerprint density at radius 3 is 1.10 bits per heavy atom. The lowest BCUT2D eigenvalue weighted by molar-refractivity contribution is 0.669. The van der Waals surface area contributed by atoms with Gasteiger partial charge in [0.2, 0.25) is 5.95 Å². The predicted octanol–water partition coefficient (Wildman–Crippen LogP) is 23.3. The molecule has 0 saturated carbocycles. The number of furan rings is 3. The molecule has 7 heterocycles. The van der Waals surface area contributed by atoms with E-state index in [0.717, 1.165) is 154 Å². The molecule has 21 aromatic rings. The lowest BCUT2D eigenvalue weighted by Crippen LogP contribution is -2.06. The van der Waals surface area contributed by atoms with Crippen molar-refractivity contribution < 1.29 is 13.3 Å². The Morgan fingerprint density at radius 2 is 0.564 bits per heavy atom. The highest BCUT2D eigenvalue weighted by molar-refractivity contribution is 6.16.